The van der Waals surface area contributed by atoms with Crippen LogP contribution in [0.4, 0.5) is 10.1 Å². The predicted molar refractivity (Wildman–Crippen MR) is 125 cm³/mol. The Bertz CT molecular complexity index is 1390. The molecule has 0 aromatic carbocycles. The average Bonchev–Trinajstić information content (AvgIpc) is 3.22. The van der Waals surface area contributed by atoms with Gasteiger partial charge >= 0.3 is 0 Å². The van der Waals surface area contributed by atoms with E-state index in [1.54, 1.807) is 26.0 Å². The van der Waals surface area contributed by atoms with Crippen LogP contribution in [0, 0.1) is 5.82 Å². The van der Waals surface area contributed by atoms with Gasteiger partial charge in [-0.05, 0) is 32.0 Å². The molecule has 0 unspecified atom stereocenters. The Kier molecular flexibility index (Phi) is 6.41. The third-order valence-electron chi connectivity index (χ3n) is 5.36. The molecule has 0 aliphatic heterocycles. The summed E-state index contributed by atoms with van der Waals surface area (Å²) in [6, 6.07) is 4.79. The number of anilines is 1. The van der Waals surface area contributed by atoms with Crippen molar-refractivity contribution in [3.8, 4) is 0 Å². The molecule has 10 heteroatoms. The summed E-state index contributed by atoms with van der Waals surface area (Å²) in [6.07, 6.45) is 8.24. The number of rotatable bonds is 7. The quantitative estimate of drug-likeness (QED) is 0.389. The Morgan fingerprint density at radius 1 is 1.15 bits per heavy atom. The number of aliphatic hydroxyl groups is 1. The lowest BCUT2D eigenvalue weighted by molar-refractivity contribution is -0.115. The zero-order chi connectivity index (χ0) is 24.5. The molecule has 4 aromatic heterocycles. The molecule has 0 saturated carbocycles. The Balaban J connectivity index is 1.63. The molecule has 8 nitrogen and oxygen atoms in total. The number of carbonyl (C=O) groups is 2. The summed E-state index contributed by atoms with van der Waals surface area (Å²) in [7, 11) is 0. The molecule has 0 radical (unpaired) electrons. The van der Waals surface area contributed by atoms with E-state index in [0.717, 1.165) is 6.20 Å². The monoisotopic (exact) mass is 481 g/mol. The van der Waals surface area contributed by atoms with Gasteiger partial charge in [-0.15, -0.1) is 0 Å². The fraction of sp³-hybridized carbons (Fsp3) is 0.208. The van der Waals surface area contributed by atoms with E-state index in [1.165, 1.54) is 41.6 Å². The predicted octanol–water partition coefficient (Wildman–Crippen LogP) is 3.76. The molecule has 1 amide bonds. The number of hydrogen-bond donors (Lipinski definition) is 2. The molecule has 0 saturated heterocycles. The number of nitrogens with one attached hydrogen (secondary N) is 1. The van der Waals surface area contributed by atoms with Gasteiger partial charge in [0.25, 0.3) is 0 Å². The third kappa shape index (κ3) is 4.66. The van der Waals surface area contributed by atoms with E-state index in [9.17, 15) is 19.1 Å². The number of amides is 1. The van der Waals surface area contributed by atoms with Crippen LogP contribution in [0.3, 0.4) is 0 Å². The fourth-order valence-corrected chi connectivity index (χ4v) is 3.65. The number of aromatic nitrogens is 4. The zero-order valence-corrected chi connectivity index (χ0v) is 19.2. The number of ketones is 1. The van der Waals surface area contributed by atoms with Crippen LogP contribution in [0.15, 0.2) is 55.4 Å². The van der Waals surface area contributed by atoms with Gasteiger partial charge in [-0.25, -0.2) is 4.39 Å². The molecular weight excluding hydrogens is 461 g/mol. The van der Waals surface area contributed by atoms with Crippen molar-refractivity contribution in [2.45, 2.75) is 25.8 Å². The Morgan fingerprint density at radius 3 is 2.62 bits per heavy atom. The van der Waals surface area contributed by atoms with E-state index < -0.39 is 17.1 Å². The highest BCUT2D eigenvalue weighted by Crippen LogP contribution is 2.30. The van der Waals surface area contributed by atoms with Crippen LogP contribution in [-0.4, -0.2) is 42.9 Å². The molecule has 0 bridgehead atoms. The van der Waals surface area contributed by atoms with Gasteiger partial charge in [0.1, 0.15) is 0 Å². The topological polar surface area (TPSA) is 110 Å². The van der Waals surface area contributed by atoms with Crippen LogP contribution in [0.5, 0.6) is 0 Å². The van der Waals surface area contributed by atoms with Gasteiger partial charge in [0.15, 0.2) is 11.6 Å². The molecule has 4 aromatic rings. The molecule has 0 spiro atoms. The molecule has 0 fully saturated rings. The maximum Gasteiger partial charge on any atom is 0.230 e. The molecule has 4 heterocycles. The Labute approximate surface area is 199 Å². The highest BCUT2D eigenvalue weighted by Gasteiger charge is 2.27. The number of nitrogens with zero attached hydrogens (tertiary/aromatic N) is 4. The van der Waals surface area contributed by atoms with Crippen molar-refractivity contribution in [3.05, 3.63) is 83.0 Å². The molecule has 0 atom stereocenters. The maximum absolute atomic E-state index is 14.7. The summed E-state index contributed by atoms with van der Waals surface area (Å²) in [5, 5.41) is 13.3. The first-order valence-electron chi connectivity index (χ1n) is 10.4. The van der Waals surface area contributed by atoms with Gasteiger partial charge in [0, 0.05) is 47.0 Å². The third-order valence-corrected chi connectivity index (χ3v) is 5.58. The van der Waals surface area contributed by atoms with E-state index in [1.807, 2.05) is 0 Å². The van der Waals surface area contributed by atoms with Crippen molar-refractivity contribution in [2.75, 3.05) is 11.9 Å². The number of aliphatic hydroxyl groups excluding tert-OH is 1. The summed E-state index contributed by atoms with van der Waals surface area (Å²) in [5.41, 5.74) is 0.587. The number of carbonyl (C=O) groups excluding carboxylic acids is 2. The van der Waals surface area contributed by atoms with E-state index in [-0.39, 0.29) is 35.6 Å². The second kappa shape index (κ2) is 9.28. The highest BCUT2D eigenvalue weighted by molar-refractivity contribution is 6.30. The number of fused-ring (bicyclic) bond motifs is 1. The first-order chi connectivity index (χ1) is 16.2. The molecule has 0 aliphatic carbocycles. The van der Waals surface area contributed by atoms with Gasteiger partial charge in [0.05, 0.1) is 47.2 Å². The van der Waals surface area contributed by atoms with Gasteiger partial charge in [-0.1, -0.05) is 11.6 Å². The molecular formula is C24H21ClFN5O3. The van der Waals surface area contributed by atoms with Crippen LogP contribution < -0.4 is 5.32 Å². The van der Waals surface area contributed by atoms with Crippen molar-refractivity contribution in [1.82, 2.24) is 19.5 Å². The lowest BCUT2D eigenvalue weighted by atomic mass is 10.0. The standard InChI is InChI=1S/C24H21ClFN5O3/c1-24(2,13-32)31-12-19(18-10-28-11-20(26)22(18)31)23(34)14-5-17(9-27-7-14)30-21(33)6-16-4-3-15(25)8-29-16/h3-5,7-12,32H,6,13H2,1-2H3,(H,30,33). The summed E-state index contributed by atoms with van der Waals surface area (Å²) in [6.45, 7) is 3.19. The Hall–Kier alpha value is -3.69. The fourth-order valence-electron chi connectivity index (χ4n) is 3.54. The Morgan fingerprint density at radius 2 is 1.91 bits per heavy atom. The van der Waals surface area contributed by atoms with Crippen molar-refractivity contribution in [3.63, 3.8) is 0 Å². The van der Waals surface area contributed by atoms with Crippen molar-refractivity contribution < 1.29 is 19.1 Å². The van der Waals surface area contributed by atoms with Crippen LogP contribution in [0.2, 0.25) is 5.02 Å². The smallest absolute Gasteiger partial charge is 0.230 e. The van der Waals surface area contributed by atoms with Gasteiger partial charge in [-0.3, -0.25) is 24.5 Å². The van der Waals surface area contributed by atoms with Crippen LogP contribution in [0.25, 0.3) is 10.9 Å². The van der Waals surface area contributed by atoms with Crippen LogP contribution >= 0.6 is 11.6 Å². The number of hydrogen-bond acceptors (Lipinski definition) is 6. The molecule has 174 valence electrons. The molecule has 0 aliphatic rings. The van der Waals surface area contributed by atoms with Crippen molar-refractivity contribution >= 4 is 39.9 Å². The second-order valence-corrected chi connectivity index (χ2v) is 8.82. The lowest BCUT2D eigenvalue weighted by Gasteiger charge is -2.25. The van der Waals surface area contributed by atoms with E-state index in [0.29, 0.717) is 21.8 Å². The molecule has 4 rings (SSSR count). The van der Waals surface area contributed by atoms with Gasteiger partial charge in [0.2, 0.25) is 5.91 Å². The van der Waals surface area contributed by atoms with Crippen molar-refractivity contribution in [2.24, 2.45) is 0 Å². The average molecular weight is 482 g/mol. The molecule has 34 heavy (non-hydrogen) atoms. The lowest BCUT2D eigenvalue weighted by Crippen LogP contribution is -2.30. The molecule has 2 N–H and O–H groups in total. The minimum atomic E-state index is -0.858. The van der Waals surface area contributed by atoms with Gasteiger partial charge < -0.3 is 15.0 Å². The van der Waals surface area contributed by atoms with E-state index in [4.69, 9.17) is 11.6 Å². The van der Waals surface area contributed by atoms with Crippen LogP contribution in [-0.2, 0) is 16.8 Å². The normalized spacial score (nSPS) is 11.6. The highest BCUT2D eigenvalue weighted by atomic mass is 35.5. The van der Waals surface area contributed by atoms with E-state index >= 15 is 0 Å². The zero-order valence-electron chi connectivity index (χ0n) is 18.4. The van der Waals surface area contributed by atoms with Crippen LogP contribution in [0.1, 0.15) is 35.5 Å². The maximum atomic E-state index is 14.7. The largest absolute Gasteiger partial charge is 0.394 e. The number of halogens is 2. The summed E-state index contributed by atoms with van der Waals surface area (Å²) < 4.78 is 16.2. The first kappa shape index (κ1) is 23.5. The summed E-state index contributed by atoms with van der Waals surface area (Å²) >= 11 is 5.81. The second-order valence-electron chi connectivity index (χ2n) is 8.38. The minimum absolute atomic E-state index is 0.0179. The first-order valence-corrected chi connectivity index (χ1v) is 10.7. The SMILES string of the molecule is CC(C)(CO)n1cc(C(=O)c2cncc(NC(=O)Cc3ccc(Cl)cn3)c2)c2cncc(F)c21. The van der Waals surface area contributed by atoms with Crippen molar-refractivity contribution in [1.29, 1.82) is 0 Å². The van der Waals surface area contributed by atoms with Gasteiger partial charge in [-0.2, -0.15) is 0 Å². The minimum Gasteiger partial charge on any atom is -0.394 e. The van der Waals surface area contributed by atoms with E-state index in [2.05, 4.69) is 20.3 Å². The summed E-state index contributed by atoms with van der Waals surface area (Å²) in [5.74, 6) is -1.37. The summed E-state index contributed by atoms with van der Waals surface area (Å²) in [4.78, 5) is 37.8. The number of pyridine rings is 3.